The Balaban J connectivity index is 2.14. The number of nitrogens with zero attached hydrogens (tertiary/aromatic N) is 2. The SMILES string of the molecule is CO[C@@H]1[C@@H](OC)N(S(=O)(=O)c2ccccc2)C(=O)N1S(=O)(=O)c1ccccc1. The quantitative estimate of drug-likeness (QED) is 0.687. The van der Waals surface area contributed by atoms with Gasteiger partial charge in [0.2, 0.25) is 0 Å². The first kappa shape index (κ1) is 20.3. The number of sulfonamides is 2. The molecule has 0 aliphatic carbocycles. The van der Waals surface area contributed by atoms with Gasteiger partial charge in [0, 0.05) is 14.2 Å². The van der Waals surface area contributed by atoms with Gasteiger partial charge in [-0.05, 0) is 24.3 Å². The highest BCUT2D eigenvalue weighted by molar-refractivity contribution is 7.91. The van der Waals surface area contributed by atoms with E-state index in [1.54, 1.807) is 12.1 Å². The van der Waals surface area contributed by atoms with Crippen molar-refractivity contribution in [2.75, 3.05) is 14.2 Å². The third kappa shape index (κ3) is 3.15. The molecule has 28 heavy (non-hydrogen) atoms. The van der Waals surface area contributed by atoms with Gasteiger partial charge in [-0.3, -0.25) is 0 Å². The fourth-order valence-electron chi connectivity index (χ4n) is 2.86. The Kier molecular flexibility index (Phi) is 5.44. The Morgan fingerprint density at radius 2 is 1.00 bits per heavy atom. The number of carbonyl (C=O) groups is 1. The monoisotopic (exact) mass is 426 g/mol. The zero-order valence-corrected chi connectivity index (χ0v) is 16.6. The molecule has 2 atom stereocenters. The number of amides is 2. The van der Waals surface area contributed by atoms with E-state index in [-0.39, 0.29) is 9.79 Å². The highest BCUT2D eigenvalue weighted by atomic mass is 32.2. The summed E-state index contributed by atoms with van der Waals surface area (Å²) < 4.78 is 63.2. The van der Waals surface area contributed by atoms with Crippen LogP contribution in [-0.2, 0) is 29.5 Å². The van der Waals surface area contributed by atoms with Crippen LogP contribution >= 0.6 is 0 Å². The van der Waals surface area contributed by atoms with Crippen LogP contribution in [0.5, 0.6) is 0 Å². The van der Waals surface area contributed by atoms with E-state index in [9.17, 15) is 21.6 Å². The van der Waals surface area contributed by atoms with E-state index in [2.05, 4.69) is 0 Å². The van der Waals surface area contributed by atoms with E-state index in [1.165, 1.54) is 48.5 Å². The van der Waals surface area contributed by atoms with Gasteiger partial charge in [-0.25, -0.2) is 21.6 Å². The maximum absolute atomic E-state index is 13.0. The Hall–Kier alpha value is -2.47. The molecule has 0 saturated carbocycles. The minimum Gasteiger partial charge on any atom is -0.356 e. The topological polar surface area (TPSA) is 110 Å². The van der Waals surface area contributed by atoms with Crippen molar-refractivity contribution >= 4 is 26.1 Å². The van der Waals surface area contributed by atoms with Crippen LogP contribution < -0.4 is 0 Å². The molecule has 1 heterocycles. The number of urea groups is 1. The highest BCUT2D eigenvalue weighted by Crippen LogP contribution is 2.34. The summed E-state index contributed by atoms with van der Waals surface area (Å²) in [5.41, 5.74) is 0. The third-order valence-corrected chi connectivity index (χ3v) is 7.67. The second-order valence-electron chi connectivity index (χ2n) is 5.76. The number of carbonyl (C=O) groups excluding carboxylic acids is 1. The summed E-state index contributed by atoms with van der Waals surface area (Å²) in [6.07, 6.45) is -3.00. The molecule has 1 aliphatic heterocycles. The Morgan fingerprint density at radius 1 is 0.679 bits per heavy atom. The molecule has 2 aromatic carbocycles. The zero-order chi connectivity index (χ0) is 20.5. The van der Waals surface area contributed by atoms with Crippen molar-refractivity contribution in [1.29, 1.82) is 0 Å². The van der Waals surface area contributed by atoms with Crippen molar-refractivity contribution in [2.45, 2.75) is 22.2 Å². The number of benzene rings is 2. The van der Waals surface area contributed by atoms with E-state index >= 15 is 0 Å². The lowest BCUT2D eigenvalue weighted by molar-refractivity contribution is -0.0767. The van der Waals surface area contributed by atoms with Crippen LogP contribution in [0.15, 0.2) is 70.5 Å². The lowest BCUT2D eigenvalue weighted by Crippen LogP contribution is -2.43. The van der Waals surface area contributed by atoms with Crippen molar-refractivity contribution < 1.29 is 31.1 Å². The number of ether oxygens (including phenoxy) is 2. The molecule has 2 amide bonds. The van der Waals surface area contributed by atoms with Gasteiger partial charge < -0.3 is 9.47 Å². The molecule has 1 fully saturated rings. The summed E-state index contributed by atoms with van der Waals surface area (Å²) in [4.78, 5) is 12.7. The number of hydrogen-bond acceptors (Lipinski definition) is 7. The highest BCUT2D eigenvalue weighted by Gasteiger charge is 2.57. The molecule has 150 valence electrons. The lowest BCUT2D eigenvalue weighted by atomic mass is 10.4. The predicted molar refractivity (Wildman–Crippen MR) is 97.9 cm³/mol. The number of methoxy groups -OCH3 is 2. The first-order chi connectivity index (χ1) is 13.3. The summed E-state index contributed by atoms with van der Waals surface area (Å²) in [7, 11) is -6.46. The van der Waals surface area contributed by atoms with Gasteiger partial charge in [0.05, 0.1) is 9.79 Å². The van der Waals surface area contributed by atoms with Gasteiger partial charge in [-0.15, -0.1) is 0 Å². The third-order valence-electron chi connectivity index (χ3n) is 4.17. The van der Waals surface area contributed by atoms with Crippen LogP contribution in [-0.4, -0.2) is 58.2 Å². The molecule has 1 aliphatic rings. The molecule has 0 spiro atoms. The van der Waals surface area contributed by atoms with Crippen LogP contribution in [0.2, 0.25) is 0 Å². The van der Waals surface area contributed by atoms with Gasteiger partial charge in [0.25, 0.3) is 20.0 Å². The van der Waals surface area contributed by atoms with Gasteiger partial charge in [0.1, 0.15) is 0 Å². The zero-order valence-electron chi connectivity index (χ0n) is 15.0. The first-order valence-electron chi connectivity index (χ1n) is 8.05. The Morgan fingerprint density at radius 3 is 1.29 bits per heavy atom. The summed E-state index contributed by atoms with van der Waals surface area (Å²) >= 11 is 0. The van der Waals surface area contributed by atoms with Crippen molar-refractivity contribution in [3.8, 4) is 0 Å². The molecule has 2 aromatic rings. The standard InChI is InChI=1S/C17H18N2O7S2/c1-25-15-16(26-2)19(28(23,24)14-11-7-4-8-12-14)17(20)18(15)27(21,22)13-9-5-3-6-10-13/h3-12,15-16H,1-2H3/t15-,16-/m1/s1. The van der Waals surface area contributed by atoms with E-state index in [0.29, 0.717) is 8.61 Å². The summed E-state index contributed by atoms with van der Waals surface area (Å²) in [5, 5.41) is 0. The summed E-state index contributed by atoms with van der Waals surface area (Å²) in [5.74, 6) is 0. The lowest BCUT2D eigenvalue weighted by Gasteiger charge is -2.24. The van der Waals surface area contributed by atoms with Crippen molar-refractivity contribution in [3.63, 3.8) is 0 Å². The van der Waals surface area contributed by atoms with Crippen LogP contribution in [0, 0.1) is 0 Å². The molecular weight excluding hydrogens is 408 g/mol. The van der Waals surface area contributed by atoms with Crippen LogP contribution in [0.3, 0.4) is 0 Å². The number of rotatable bonds is 6. The largest absolute Gasteiger partial charge is 0.356 e. The molecule has 0 bridgehead atoms. The van der Waals surface area contributed by atoms with Gasteiger partial charge >= 0.3 is 6.03 Å². The maximum Gasteiger partial charge on any atom is 0.352 e. The summed E-state index contributed by atoms with van der Waals surface area (Å²) in [6.45, 7) is 0. The second kappa shape index (κ2) is 7.51. The molecule has 1 saturated heterocycles. The molecule has 11 heteroatoms. The van der Waals surface area contributed by atoms with Gasteiger partial charge in [0.15, 0.2) is 12.5 Å². The van der Waals surface area contributed by atoms with E-state index < -0.39 is 38.5 Å². The Bertz CT molecular complexity index is 972. The molecule has 0 radical (unpaired) electrons. The fraction of sp³-hybridized carbons (Fsp3) is 0.235. The minimum absolute atomic E-state index is 0.181. The molecule has 0 aromatic heterocycles. The molecule has 9 nitrogen and oxygen atoms in total. The van der Waals surface area contributed by atoms with E-state index in [4.69, 9.17) is 9.47 Å². The van der Waals surface area contributed by atoms with Crippen LogP contribution in [0.4, 0.5) is 4.79 Å². The van der Waals surface area contributed by atoms with E-state index in [0.717, 1.165) is 14.2 Å². The predicted octanol–water partition coefficient (Wildman–Crippen LogP) is 1.45. The molecule has 0 unspecified atom stereocenters. The molecule has 3 rings (SSSR count). The first-order valence-corrected chi connectivity index (χ1v) is 10.9. The average molecular weight is 426 g/mol. The second-order valence-corrected chi connectivity index (χ2v) is 9.39. The van der Waals surface area contributed by atoms with Crippen LogP contribution in [0.1, 0.15) is 0 Å². The maximum atomic E-state index is 13.0. The molecular formula is C17H18N2O7S2. The summed E-state index contributed by atoms with van der Waals surface area (Å²) in [6, 6.07) is 13.1. The Labute approximate surface area is 163 Å². The number of hydrogen-bond donors (Lipinski definition) is 0. The van der Waals surface area contributed by atoms with Crippen molar-refractivity contribution in [1.82, 2.24) is 8.61 Å². The van der Waals surface area contributed by atoms with E-state index in [1.807, 2.05) is 0 Å². The van der Waals surface area contributed by atoms with Gasteiger partial charge in [-0.1, -0.05) is 36.4 Å². The minimum atomic E-state index is -4.39. The smallest absolute Gasteiger partial charge is 0.352 e. The fourth-order valence-corrected chi connectivity index (χ4v) is 5.88. The van der Waals surface area contributed by atoms with Gasteiger partial charge in [-0.2, -0.15) is 8.61 Å². The van der Waals surface area contributed by atoms with Crippen molar-refractivity contribution in [2.24, 2.45) is 0 Å². The van der Waals surface area contributed by atoms with Crippen molar-refractivity contribution in [3.05, 3.63) is 60.7 Å². The average Bonchev–Trinajstić information content (AvgIpc) is 3.02. The van der Waals surface area contributed by atoms with Crippen LogP contribution in [0.25, 0.3) is 0 Å². The normalized spacial score (nSPS) is 20.6. The molecule has 0 N–H and O–H groups in total.